The molecule has 7 heteroatoms. The topological polar surface area (TPSA) is 83.9 Å². The third kappa shape index (κ3) is 7.29. The number of methoxy groups -OCH3 is 1. The van der Waals surface area contributed by atoms with Crippen LogP contribution >= 0.6 is 0 Å². The van der Waals surface area contributed by atoms with Gasteiger partial charge in [-0.2, -0.15) is 0 Å². The van der Waals surface area contributed by atoms with Crippen molar-refractivity contribution >= 4 is 15.7 Å². The summed E-state index contributed by atoms with van der Waals surface area (Å²) in [6.45, 7) is 0.526. The highest BCUT2D eigenvalue weighted by Crippen LogP contribution is 1.94. The smallest absolute Gasteiger partial charge is 0.237 e. The number of amides is 1. The van der Waals surface area contributed by atoms with Crippen LogP contribution in [0.2, 0.25) is 0 Å². The Bertz CT molecular complexity index is 287. The second-order valence-electron chi connectivity index (χ2n) is 3.17. The molecule has 1 N–H and O–H groups in total. The van der Waals surface area contributed by atoms with Crippen LogP contribution in [-0.2, 0) is 19.4 Å². The van der Waals surface area contributed by atoms with Crippen LogP contribution in [-0.4, -0.2) is 69.8 Å². The van der Waals surface area contributed by atoms with Crippen molar-refractivity contribution in [3.63, 3.8) is 0 Å². The molecular formula is C8H17NO5S. The van der Waals surface area contributed by atoms with Crippen molar-refractivity contribution in [2.75, 3.05) is 45.4 Å². The van der Waals surface area contributed by atoms with Crippen LogP contribution in [0.5, 0.6) is 0 Å². The van der Waals surface area contributed by atoms with Crippen molar-refractivity contribution < 1.29 is 23.1 Å². The Morgan fingerprint density at radius 3 is 2.40 bits per heavy atom. The fourth-order valence-electron chi connectivity index (χ4n) is 0.999. The van der Waals surface area contributed by atoms with Crippen molar-refractivity contribution in [3.05, 3.63) is 0 Å². The number of hydrogen-bond donors (Lipinski definition) is 1. The summed E-state index contributed by atoms with van der Waals surface area (Å²) in [6.07, 6.45) is 0.998. The van der Waals surface area contributed by atoms with Gasteiger partial charge in [0.1, 0.15) is 5.75 Å². The van der Waals surface area contributed by atoms with Gasteiger partial charge in [0.2, 0.25) is 5.91 Å². The lowest BCUT2D eigenvalue weighted by Crippen LogP contribution is -2.39. The molecular weight excluding hydrogens is 222 g/mol. The molecule has 0 unspecified atom stereocenters. The highest BCUT2D eigenvalue weighted by molar-refractivity contribution is 7.91. The normalized spacial score (nSPS) is 11.4. The first-order valence-electron chi connectivity index (χ1n) is 4.46. The molecule has 0 saturated heterocycles. The Morgan fingerprint density at radius 2 is 2.00 bits per heavy atom. The predicted molar refractivity (Wildman–Crippen MR) is 55.3 cm³/mol. The molecule has 0 aromatic carbocycles. The van der Waals surface area contributed by atoms with E-state index in [0.717, 1.165) is 6.26 Å². The molecule has 6 nitrogen and oxygen atoms in total. The molecule has 0 aliphatic heterocycles. The van der Waals surface area contributed by atoms with Crippen LogP contribution in [0.15, 0.2) is 0 Å². The summed E-state index contributed by atoms with van der Waals surface area (Å²) >= 11 is 0. The minimum Gasteiger partial charge on any atom is -0.395 e. The number of sulfone groups is 1. The standard InChI is InChI=1S/C8H17NO5S/c1-14-6-4-9(3-5-10)8(11)7-15(2,12)13/h10H,3-7H2,1-2H3. The second-order valence-corrected chi connectivity index (χ2v) is 5.31. The summed E-state index contributed by atoms with van der Waals surface area (Å²) in [5, 5.41) is 8.70. The van der Waals surface area contributed by atoms with E-state index < -0.39 is 21.5 Å². The lowest BCUT2D eigenvalue weighted by molar-refractivity contribution is -0.129. The maximum atomic E-state index is 11.4. The van der Waals surface area contributed by atoms with Crippen LogP contribution in [0, 0.1) is 0 Å². The molecule has 90 valence electrons. The van der Waals surface area contributed by atoms with Crippen molar-refractivity contribution in [3.8, 4) is 0 Å². The van der Waals surface area contributed by atoms with E-state index in [-0.39, 0.29) is 19.7 Å². The van der Waals surface area contributed by atoms with E-state index in [1.54, 1.807) is 0 Å². The number of carbonyl (C=O) groups is 1. The van der Waals surface area contributed by atoms with Crippen LogP contribution in [0.3, 0.4) is 0 Å². The Hall–Kier alpha value is -0.660. The Balaban J connectivity index is 4.28. The summed E-state index contributed by atoms with van der Waals surface area (Å²) in [4.78, 5) is 12.7. The van der Waals surface area contributed by atoms with Gasteiger partial charge in [0, 0.05) is 26.5 Å². The summed E-state index contributed by atoms with van der Waals surface area (Å²) < 4.78 is 26.5. The molecule has 0 aromatic rings. The van der Waals surface area contributed by atoms with E-state index in [0.29, 0.717) is 6.61 Å². The average Bonchev–Trinajstić information content (AvgIpc) is 2.09. The number of hydrogen-bond acceptors (Lipinski definition) is 5. The minimum atomic E-state index is -3.33. The molecule has 0 saturated carbocycles. The summed E-state index contributed by atoms with van der Waals surface area (Å²) in [6, 6.07) is 0. The average molecular weight is 239 g/mol. The number of ether oxygens (including phenoxy) is 1. The highest BCUT2D eigenvalue weighted by Gasteiger charge is 2.17. The maximum Gasteiger partial charge on any atom is 0.237 e. The zero-order valence-corrected chi connectivity index (χ0v) is 9.79. The van der Waals surface area contributed by atoms with Gasteiger partial charge >= 0.3 is 0 Å². The van der Waals surface area contributed by atoms with Gasteiger partial charge < -0.3 is 14.7 Å². The number of aliphatic hydroxyl groups excluding tert-OH is 1. The fourth-order valence-corrected chi connectivity index (χ4v) is 1.63. The fraction of sp³-hybridized carbons (Fsp3) is 0.875. The quantitative estimate of drug-likeness (QED) is 0.584. The first-order valence-corrected chi connectivity index (χ1v) is 6.52. The Kier molecular flexibility index (Phi) is 6.46. The molecule has 0 atom stereocenters. The van der Waals surface area contributed by atoms with E-state index in [1.807, 2.05) is 0 Å². The molecule has 0 radical (unpaired) electrons. The molecule has 0 aliphatic rings. The first kappa shape index (κ1) is 14.3. The summed E-state index contributed by atoms with van der Waals surface area (Å²) in [5.74, 6) is -1.04. The van der Waals surface area contributed by atoms with Crippen molar-refractivity contribution in [1.82, 2.24) is 4.90 Å². The van der Waals surface area contributed by atoms with Gasteiger partial charge in [0.05, 0.1) is 13.2 Å². The Labute approximate surface area is 89.7 Å². The van der Waals surface area contributed by atoms with E-state index in [9.17, 15) is 13.2 Å². The van der Waals surface area contributed by atoms with Crippen LogP contribution in [0.4, 0.5) is 0 Å². The molecule has 0 fully saturated rings. The van der Waals surface area contributed by atoms with E-state index >= 15 is 0 Å². The van der Waals surface area contributed by atoms with Gasteiger partial charge in [-0.25, -0.2) is 8.42 Å². The zero-order chi connectivity index (χ0) is 11.9. The molecule has 0 spiro atoms. The molecule has 1 amide bonds. The van der Waals surface area contributed by atoms with Gasteiger partial charge in [-0.1, -0.05) is 0 Å². The van der Waals surface area contributed by atoms with Crippen molar-refractivity contribution in [2.24, 2.45) is 0 Å². The molecule has 0 bridgehead atoms. The number of carbonyl (C=O) groups excluding carboxylic acids is 1. The SMILES string of the molecule is COCCN(CCO)C(=O)CS(C)(=O)=O. The van der Waals surface area contributed by atoms with E-state index in [2.05, 4.69) is 0 Å². The first-order chi connectivity index (χ1) is 6.90. The lowest BCUT2D eigenvalue weighted by Gasteiger charge is -2.20. The van der Waals surface area contributed by atoms with Gasteiger partial charge in [-0.05, 0) is 0 Å². The van der Waals surface area contributed by atoms with Gasteiger partial charge in [-0.15, -0.1) is 0 Å². The molecule has 0 rings (SSSR count). The summed E-state index contributed by atoms with van der Waals surface area (Å²) in [7, 11) is -1.84. The molecule has 15 heavy (non-hydrogen) atoms. The predicted octanol–water partition coefficient (Wildman–Crippen LogP) is -1.50. The second kappa shape index (κ2) is 6.76. The number of rotatable bonds is 7. The summed E-state index contributed by atoms with van der Waals surface area (Å²) in [5.41, 5.74) is 0. The minimum absolute atomic E-state index is 0.123. The zero-order valence-electron chi connectivity index (χ0n) is 8.97. The number of nitrogens with zero attached hydrogens (tertiary/aromatic N) is 1. The van der Waals surface area contributed by atoms with Crippen molar-refractivity contribution in [1.29, 1.82) is 0 Å². The van der Waals surface area contributed by atoms with Crippen LogP contribution < -0.4 is 0 Å². The maximum absolute atomic E-state index is 11.4. The lowest BCUT2D eigenvalue weighted by atomic mass is 10.4. The van der Waals surface area contributed by atoms with Crippen LogP contribution in [0.25, 0.3) is 0 Å². The van der Waals surface area contributed by atoms with Gasteiger partial charge in [0.15, 0.2) is 9.84 Å². The number of aliphatic hydroxyl groups is 1. The van der Waals surface area contributed by atoms with E-state index in [4.69, 9.17) is 9.84 Å². The Morgan fingerprint density at radius 1 is 1.40 bits per heavy atom. The molecule has 0 aromatic heterocycles. The highest BCUT2D eigenvalue weighted by atomic mass is 32.2. The van der Waals surface area contributed by atoms with Gasteiger partial charge in [-0.3, -0.25) is 4.79 Å². The van der Waals surface area contributed by atoms with Crippen LogP contribution in [0.1, 0.15) is 0 Å². The third-order valence-corrected chi connectivity index (χ3v) is 2.44. The third-order valence-electron chi connectivity index (χ3n) is 1.67. The van der Waals surface area contributed by atoms with Crippen molar-refractivity contribution in [2.45, 2.75) is 0 Å². The largest absolute Gasteiger partial charge is 0.395 e. The monoisotopic (exact) mass is 239 g/mol. The molecule has 0 heterocycles. The van der Waals surface area contributed by atoms with Gasteiger partial charge in [0.25, 0.3) is 0 Å². The molecule has 0 aliphatic carbocycles. The van der Waals surface area contributed by atoms with E-state index in [1.165, 1.54) is 12.0 Å².